The summed E-state index contributed by atoms with van der Waals surface area (Å²) in [5.74, 6) is 1.92. The summed E-state index contributed by atoms with van der Waals surface area (Å²) in [6.07, 6.45) is 1.56. The van der Waals surface area contributed by atoms with Crippen LogP contribution in [0.5, 0.6) is 11.5 Å². The number of methoxy groups -OCH3 is 2. The van der Waals surface area contributed by atoms with E-state index in [1.807, 2.05) is 65.2 Å². The minimum absolute atomic E-state index is 0.101. The average Bonchev–Trinajstić information content (AvgIpc) is 3.32. The molecule has 1 N–H and O–H groups in total. The molecule has 0 fully saturated rings. The first-order valence-electron chi connectivity index (χ1n) is 10.5. The highest BCUT2D eigenvalue weighted by Crippen LogP contribution is 2.29. The summed E-state index contributed by atoms with van der Waals surface area (Å²) in [6, 6.07) is 22.2. The Morgan fingerprint density at radius 3 is 2.49 bits per heavy atom. The summed E-state index contributed by atoms with van der Waals surface area (Å²) >= 11 is 7.34. The van der Waals surface area contributed by atoms with Gasteiger partial charge in [0.2, 0.25) is 0 Å². The van der Waals surface area contributed by atoms with Gasteiger partial charge in [-0.15, -0.1) is 10.2 Å². The van der Waals surface area contributed by atoms with Crippen molar-refractivity contribution in [2.45, 2.75) is 5.16 Å². The summed E-state index contributed by atoms with van der Waals surface area (Å²) < 4.78 is 12.3. The first-order valence-corrected chi connectivity index (χ1v) is 11.9. The Morgan fingerprint density at radius 2 is 1.77 bits per heavy atom. The maximum absolute atomic E-state index is 12.4. The first-order chi connectivity index (χ1) is 17.1. The van der Waals surface area contributed by atoms with Crippen molar-refractivity contribution in [3.05, 3.63) is 83.4 Å². The molecule has 178 valence electrons. The Hall–Kier alpha value is -3.82. The number of halogens is 1. The SMILES string of the molecule is COc1ccc(-c2nnc(SCC(=O)N/N=C/c3cccc(OC)c3)n2-c2ccc(Cl)cc2)cc1. The third-order valence-electron chi connectivity index (χ3n) is 4.90. The summed E-state index contributed by atoms with van der Waals surface area (Å²) in [5, 5.41) is 13.9. The fourth-order valence-corrected chi connectivity index (χ4v) is 4.05. The number of ether oxygens (including phenoxy) is 2. The van der Waals surface area contributed by atoms with Gasteiger partial charge < -0.3 is 9.47 Å². The minimum atomic E-state index is -0.272. The molecule has 0 atom stereocenters. The highest BCUT2D eigenvalue weighted by molar-refractivity contribution is 7.99. The number of aromatic nitrogens is 3. The van der Waals surface area contributed by atoms with Crippen molar-refractivity contribution in [3.63, 3.8) is 0 Å². The van der Waals surface area contributed by atoms with Crippen LogP contribution in [0.25, 0.3) is 17.1 Å². The van der Waals surface area contributed by atoms with Crippen molar-refractivity contribution in [2.75, 3.05) is 20.0 Å². The molecule has 0 bridgehead atoms. The number of nitrogens with one attached hydrogen (secondary N) is 1. The number of hydrazone groups is 1. The fourth-order valence-electron chi connectivity index (χ4n) is 3.18. The van der Waals surface area contributed by atoms with Crippen LogP contribution < -0.4 is 14.9 Å². The number of carbonyl (C=O) groups excluding carboxylic acids is 1. The minimum Gasteiger partial charge on any atom is -0.497 e. The topological polar surface area (TPSA) is 90.6 Å². The van der Waals surface area contributed by atoms with Crippen LogP contribution in [0.4, 0.5) is 0 Å². The van der Waals surface area contributed by atoms with Crippen LogP contribution in [0, 0.1) is 0 Å². The van der Waals surface area contributed by atoms with Gasteiger partial charge in [0.05, 0.1) is 26.2 Å². The molecule has 35 heavy (non-hydrogen) atoms. The van der Waals surface area contributed by atoms with E-state index in [1.54, 1.807) is 32.6 Å². The van der Waals surface area contributed by atoms with Crippen molar-refractivity contribution in [1.29, 1.82) is 0 Å². The Labute approximate surface area is 211 Å². The Balaban J connectivity index is 1.50. The molecule has 0 saturated carbocycles. The van der Waals surface area contributed by atoms with Crippen LogP contribution >= 0.6 is 23.4 Å². The lowest BCUT2D eigenvalue weighted by molar-refractivity contribution is -0.118. The summed E-state index contributed by atoms with van der Waals surface area (Å²) in [4.78, 5) is 12.4. The lowest BCUT2D eigenvalue weighted by Crippen LogP contribution is -2.20. The first kappa shape index (κ1) is 24.3. The zero-order valence-electron chi connectivity index (χ0n) is 19.0. The third-order valence-corrected chi connectivity index (χ3v) is 6.08. The molecule has 0 radical (unpaired) electrons. The van der Waals surface area contributed by atoms with Gasteiger partial charge in [-0.1, -0.05) is 35.5 Å². The molecule has 0 saturated heterocycles. The number of amides is 1. The van der Waals surface area contributed by atoms with Gasteiger partial charge in [-0.05, 0) is 66.2 Å². The van der Waals surface area contributed by atoms with Crippen molar-refractivity contribution >= 4 is 35.5 Å². The van der Waals surface area contributed by atoms with Crippen LogP contribution in [0.3, 0.4) is 0 Å². The van der Waals surface area contributed by atoms with Crippen molar-refractivity contribution < 1.29 is 14.3 Å². The van der Waals surface area contributed by atoms with Crippen molar-refractivity contribution in [1.82, 2.24) is 20.2 Å². The van der Waals surface area contributed by atoms with Gasteiger partial charge in [0.25, 0.3) is 5.91 Å². The molecule has 0 spiro atoms. The largest absolute Gasteiger partial charge is 0.497 e. The van der Waals surface area contributed by atoms with E-state index in [-0.39, 0.29) is 11.7 Å². The number of hydrogen-bond acceptors (Lipinski definition) is 7. The number of thioether (sulfide) groups is 1. The summed E-state index contributed by atoms with van der Waals surface area (Å²) in [6.45, 7) is 0. The van der Waals surface area contributed by atoms with Crippen LogP contribution in [-0.2, 0) is 4.79 Å². The van der Waals surface area contributed by atoms with Gasteiger partial charge in [0, 0.05) is 16.3 Å². The van der Waals surface area contributed by atoms with E-state index in [9.17, 15) is 4.79 Å². The summed E-state index contributed by atoms with van der Waals surface area (Å²) in [5.41, 5.74) is 5.02. The lowest BCUT2D eigenvalue weighted by Gasteiger charge is -2.11. The van der Waals surface area contributed by atoms with Crippen LogP contribution in [0.2, 0.25) is 5.02 Å². The van der Waals surface area contributed by atoms with Gasteiger partial charge >= 0.3 is 0 Å². The molecule has 8 nitrogen and oxygen atoms in total. The molecular formula is C25H22ClN5O3S. The standard InChI is InChI=1S/C25H22ClN5O3S/c1-33-21-12-6-18(7-13-21)24-29-30-25(31(24)20-10-8-19(26)9-11-20)35-16-23(32)28-27-15-17-4-3-5-22(14-17)34-2/h3-15H,16H2,1-2H3,(H,28,32)/b27-15+. The van der Waals surface area contributed by atoms with E-state index in [2.05, 4.69) is 20.7 Å². The molecule has 1 heterocycles. The molecule has 0 aliphatic rings. The molecule has 4 aromatic rings. The second kappa shape index (κ2) is 11.5. The van der Waals surface area contributed by atoms with E-state index >= 15 is 0 Å². The Morgan fingerprint density at radius 1 is 1.03 bits per heavy atom. The molecular weight excluding hydrogens is 486 g/mol. The predicted molar refractivity (Wildman–Crippen MR) is 138 cm³/mol. The van der Waals surface area contributed by atoms with Crippen LogP contribution in [-0.4, -0.2) is 46.9 Å². The van der Waals surface area contributed by atoms with Gasteiger partial charge in [-0.25, -0.2) is 5.43 Å². The number of benzene rings is 3. The Kier molecular flexibility index (Phi) is 8.02. The van der Waals surface area contributed by atoms with Gasteiger partial charge in [-0.3, -0.25) is 9.36 Å². The zero-order chi connectivity index (χ0) is 24.6. The number of nitrogens with zero attached hydrogens (tertiary/aromatic N) is 4. The van der Waals surface area contributed by atoms with Gasteiger partial charge in [0.15, 0.2) is 11.0 Å². The lowest BCUT2D eigenvalue weighted by atomic mass is 10.2. The highest BCUT2D eigenvalue weighted by atomic mass is 35.5. The molecule has 0 aliphatic heterocycles. The van der Waals surface area contributed by atoms with Gasteiger partial charge in [0.1, 0.15) is 11.5 Å². The average molecular weight is 508 g/mol. The van der Waals surface area contributed by atoms with Gasteiger partial charge in [-0.2, -0.15) is 5.10 Å². The highest BCUT2D eigenvalue weighted by Gasteiger charge is 2.17. The molecule has 1 aromatic heterocycles. The Bertz CT molecular complexity index is 1320. The number of rotatable bonds is 9. The normalized spacial score (nSPS) is 10.9. The van der Waals surface area contributed by atoms with Crippen molar-refractivity contribution in [2.24, 2.45) is 5.10 Å². The molecule has 3 aromatic carbocycles. The molecule has 4 rings (SSSR count). The fraction of sp³-hybridized carbons (Fsp3) is 0.120. The van der Waals surface area contributed by atoms with E-state index in [4.69, 9.17) is 21.1 Å². The molecule has 10 heteroatoms. The zero-order valence-corrected chi connectivity index (χ0v) is 20.6. The smallest absolute Gasteiger partial charge is 0.250 e. The quantitative estimate of drug-likeness (QED) is 0.198. The second-order valence-electron chi connectivity index (χ2n) is 7.20. The maximum Gasteiger partial charge on any atom is 0.250 e. The molecule has 0 unspecified atom stereocenters. The molecule has 0 aliphatic carbocycles. The van der Waals surface area contributed by atoms with E-state index in [0.717, 1.165) is 22.6 Å². The molecule has 1 amide bonds. The predicted octanol–water partition coefficient (Wildman–Crippen LogP) is 4.85. The second-order valence-corrected chi connectivity index (χ2v) is 8.58. The third kappa shape index (κ3) is 6.20. The van der Waals surface area contributed by atoms with Crippen LogP contribution in [0.15, 0.2) is 83.1 Å². The number of carbonyl (C=O) groups is 1. The summed E-state index contributed by atoms with van der Waals surface area (Å²) in [7, 11) is 3.21. The van der Waals surface area contributed by atoms with E-state index < -0.39 is 0 Å². The van der Waals surface area contributed by atoms with Crippen molar-refractivity contribution in [3.8, 4) is 28.6 Å². The van der Waals surface area contributed by atoms with E-state index in [0.29, 0.717) is 21.8 Å². The number of hydrogen-bond donors (Lipinski definition) is 1. The monoisotopic (exact) mass is 507 g/mol. The maximum atomic E-state index is 12.4. The van der Waals surface area contributed by atoms with E-state index in [1.165, 1.54) is 11.8 Å². The van der Waals surface area contributed by atoms with Crippen LogP contribution in [0.1, 0.15) is 5.56 Å².